The van der Waals surface area contributed by atoms with Gasteiger partial charge in [0.25, 0.3) is 0 Å². The third kappa shape index (κ3) is 4.17. The molecule has 2 N–H and O–H groups in total. The molecule has 2 aromatic carbocycles. The Morgan fingerprint density at radius 1 is 1.12 bits per heavy atom. The number of fused-ring (bicyclic) bond motifs is 1. The van der Waals surface area contributed by atoms with E-state index in [1.807, 2.05) is 24.4 Å². The second-order valence-corrected chi connectivity index (χ2v) is 8.84. The van der Waals surface area contributed by atoms with Gasteiger partial charge in [-0.2, -0.15) is 0 Å². The lowest BCUT2D eigenvalue weighted by atomic mass is 10.1. The predicted molar refractivity (Wildman–Crippen MR) is 135 cm³/mol. The number of aromatic amines is 1. The molecule has 176 valence electrons. The number of ether oxygens (including phenoxy) is 1. The van der Waals surface area contributed by atoms with Gasteiger partial charge in [0.05, 0.1) is 24.7 Å². The van der Waals surface area contributed by atoms with Gasteiger partial charge in [0.2, 0.25) is 10.9 Å². The zero-order chi connectivity index (χ0) is 23.7. The second-order valence-electron chi connectivity index (χ2n) is 8.84. The minimum Gasteiger partial charge on any atom is -0.493 e. The van der Waals surface area contributed by atoms with Crippen molar-refractivity contribution in [2.45, 2.75) is 19.8 Å². The molecular formula is C26H29N5O3. The Balaban J connectivity index is 1.17. The quantitative estimate of drug-likeness (QED) is 0.392. The van der Waals surface area contributed by atoms with E-state index in [0.29, 0.717) is 11.3 Å². The van der Waals surface area contributed by atoms with Gasteiger partial charge in [-0.05, 0) is 56.1 Å². The summed E-state index contributed by atoms with van der Waals surface area (Å²) in [5.41, 5.74) is 4.35. The maximum Gasteiger partial charge on any atom is 0.249 e. The molecule has 0 aliphatic carbocycles. The SMILES string of the molecule is COc1cnccc1N1CCN(CCCc2c[nH]c3ccc(Nc4c(C)c(=O)c4=O)cc23)CC1. The lowest BCUT2D eigenvalue weighted by Gasteiger charge is -2.36. The standard InChI is InChI=1S/C26H29N5O3/c1-17-24(26(33)25(17)32)29-19-5-6-21-20(14-19)18(15-28-21)4-3-9-30-10-12-31(13-11-30)22-7-8-27-16-23(22)34-2/h5-8,14-16,28-29H,3-4,9-13H2,1-2H3. The Morgan fingerprint density at radius 3 is 2.71 bits per heavy atom. The van der Waals surface area contributed by atoms with E-state index in [9.17, 15) is 9.59 Å². The van der Waals surface area contributed by atoms with Crippen LogP contribution in [0, 0.1) is 6.92 Å². The maximum atomic E-state index is 11.8. The van der Waals surface area contributed by atoms with Crippen LogP contribution in [0.15, 0.2) is 52.4 Å². The van der Waals surface area contributed by atoms with Crippen LogP contribution in [-0.4, -0.2) is 54.7 Å². The van der Waals surface area contributed by atoms with Crippen LogP contribution in [0.1, 0.15) is 17.5 Å². The number of aromatic nitrogens is 2. The summed E-state index contributed by atoms with van der Waals surface area (Å²) >= 11 is 0. The average Bonchev–Trinajstić information content (AvgIpc) is 3.29. The summed E-state index contributed by atoms with van der Waals surface area (Å²) in [7, 11) is 1.69. The minimum absolute atomic E-state index is 0.397. The van der Waals surface area contributed by atoms with E-state index in [1.54, 1.807) is 20.2 Å². The van der Waals surface area contributed by atoms with E-state index in [4.69, 9.17) is 4.74 Å². The zero-order valence-corrected chi connectivity index (χ0v) is 19.6. The summed E-state index contributed by atoms with van der Waals surface area (Å²) in [6, 6.07) is 8.01. The zero-order valence-electron chi connectivity index (χ0n) is 19.6. The molecule has 34 heavy (non-hydrogen) atoms. The molecule has 3 heterocycles. The largest absolute Gasteiger partial charge is 0.493 e. The van der Waals surface area contributed by atoms with Crippen molar-refractivity contribution in [1.82, 2.24) is 14.9 Å². The van der Waals surface area contributed by atoms with Crippen LogP contribution in [0.4, 0.5) is 17.1 Å². The summed E-state index contributed by atoms with van der Waals surface area (Å²) in [6.45, 7) is 6.72. The molecule has 0 atom stereocenters. The Kier molecular flexibility index (Phi) is 6.06. The molecule has 1 aliphatic heterocycles. The number of anilines is 3. The Bertz CT molecular complexity index is 1380. The number of pyridine rings is 1. The topological polar surface area (TPSA) is 90.6 Å². The van der Waals surface area contributed by atoms with Crippen LogP contribution in [0.25, 0.3) is 10.9 Å². The van der Waals surface area contributed by atoms with Gasteiger partial charge in [0.1, 0.15) is 0 Å². The number of hydrogen-bond donors (Lipinski definition) is 2. The number of rotatable bonds is 8. The molecule has 1 saturated heterocycles. The van der Waals surface area contributed by atoms with Crippen molar-refractivity contribution in [3.63, 3.8) is 0 Å². The first kappa shape index (κ1) is 22.2. The molecule has 1 aliphatic rings. The van der Waals surface area contributed by atoms with E-state index >= 15 is 0 Å². The fourth-order valence-electron chi connectivity index (χ4n) is 4.76. The van der Waals surface area contributed by atoms with Crippen molar-refractivity contribution < 1.29 is 4.74 Å². The molecule has 0 bridgehead atoms. The molecule has 1 fully saturated rings. The molecule has 4 aromatic rings. The van der Waals surface area contributed by atoms with Gasteiger partial charge in [-0.3, -0.25) is 19.5 Å². The summed E-state index contributed by atoms with van der Waals surface area (Å²) in [5.74, 6) is 0.823. The van der Waals surface area contributed by atoms with E-state index in [1.165, 1.54) is 5.56 Å². The second kappa shape index (κ2) is 9.30. The molecule has 0 unspecified atom stereocenters. The lowest BCUT2D eigenvalue weighted by molar-refractivity contribution is 0.254. The van der Waals surface area contributed by atoms with Gasteiger partial charge >= 0.3 is 0 Å². The lowest BCUT2D eigenvalue weighted by Crippen LogP contribution is -2.46. The van der Waals surface area contributed by atoms with E-state index < -0.39 is 10.9 Å². The summed E-state index contributed by atoms with van der Waals surface area (Å²) < 4.78 is 5.46. The highest BCUT2D eigenvalue weighted by Crippen LogP contribution is 2.28. The van der Waals surface area contributed by atoms with Gasteiger partial charge in [-0.15, -0.1) is 0 Å². The first-order chi connectivity index (χ1) is 16.5. The highest BCUT2D eigenvalue weighted by atomic mass is 16.5. The van der Waals surface area contributed by atoms with E-state index in [0.717, 1.165) is 73.6 Å². The number of hydrogen-bond acceptors (Lipinski definition) is 7. The number of H-pyrrole nitrogens is 1. The predicted octanol–water partition coefficient (Wildman–Crippen LogP) is 2.97. The molecule has 0 saturated carbocycles. The first-order valence-corrected chi connectivity index (χ1v) is 11.7. The number of nitrogens with one attached hydrogen (secondary N) is 2. The molecule has 0 radical (unpaired) electrons. The van der Waals surface area contributed by atoms with Crippen molar-refractivity contribution in [3.05, 3.63) is 74.4 Å². The fourth-order valence-corrected chi connectivity index (χ4v) is 4.76. The molecular weight excluding hydrogens is 430 g/mol. The van der Waals surface area contributed by atoms with Gasteiger partial charge < -0.3 is 19.9 Å². The number of piperazine rings is 1. The molecule has 8 heteroatoms. The van der Waals surface area contributed by atoms with Crippen LogP contribution < -0.4 is 25.8 Å². The van der Waals surface area contributed by atoms with Crippen LogP contribution in [0.3, 0.4) is 0 Å². The number of aryl methyl sites for hydroxylation is 1. The third-order valence-corrected chi connectivity index (χ3v) is 6.80. The smallest absolute Gasteiger partial charge is 0.249 e. The Labute approximate surface area is 197 Å². The highest BCUT2D eigenvalue weighted by molar-refractivity contribution is 5.87. The maximum absolute atomic E-state index is 11.8. The van der Waals surface area contributed by atoms with Crippen LogP contribution >= 0.6 is 0 Å². The summed E-state index contributed by atoms with van der Waals surface area (Å²) in [4.78, 5) is 35.7. The van der Waals surface area contributed by atoms with E-state index in [2.05, 4.69) is 37.3 Å². The number of nitrogens with zero attached hydrogens (tertiary/aromatic N) is 3. The Hall–Kier alpha value is -3.65. The van der Waals surface area contributed by atoms with E-state index in [-0.39, 0.29) is 0 Å². The fraction of sp³-hybridized carbons (Fsp3) is 0.346. The number of benzene rings is 1. The number of methoxy groups -OCH3 is 1. The molecule has 0 spiro atoms. The van der Waals surface area contributed by atoms with Crippen molar-refractivity contribution in [1.29, 1.82) is 0 Å². The van der Waals surface area contributed by atoms with Crippen molar-refractivity contribution >= 4 is 28.0 Å². The first-order valence-electron chi connectivity index (χ1n) is 11.7. The Morgan fingerprint density at radius 2 is 1.94 bits per heavy atom. The van der Waals surface area contributed by atoms with Gasteiger partial charge in [-0.25, -0.2) is 0 Å². The molecule has 0 amide bonds. The highest BCUT2D eigenvalue weighted by Gasteiger charge is 2.20. The van der Waals surface area contributed by atoms with Gasteiger partial charge in [0, 0.05) is 60.7 Å². The van der Waals surface area contributed by atoms with Crippen molar-refractivity contribution in [2.75, 3.05) is 50.1 Å². The summed E-state index contributed by atoms with van der Waals surface area (Å²) in [6.07, 6.45) is 7.70. The summed E-state index contributed by atoms with van der Waals surface area (Å²) in [5, 5.41) is 4.27. The molecule has 5 rings (SSSR count). The molecule has 8 nitrogen and oxygen atoms in total. The molecule has 2 aromatic heterocycles. The van der Waals surface area contributed by atoms with Crippen LogP contribution in [0.2, 0.25) is 0 Å². The normalized spacial score (nSPS) is 14.7. The minimum atomic E-state index is -0.436. The van der Waals surface area contributed by atoms with Gasteiger partial charge in [0.15, 0.2) is 5.75 Å². The van der Waals surface area contributed by atoms with Crippen molar-refractivity contribution in [3.8, 4) is 5.75 Å². The third-order valence-electron chi connectivity index (χ3n) is 6.80. The monoisotopic (exact) mass is 459 g/mol. The average molecular weight is 460 g/mol. The van der Waals surface area contributed by atoms with Crippen LogP contribution in [0.5, 0.6) is 5.75 Å². The van der Waals surface area contributed by atoms with Crippen molar-refractivity contribution in [2.24, 2.45) is 0 Å². The van der Waals surface area contributed by atoms with Crippen LogP contribution in [-0.2, 0) is 6.42 Å². The van der Waals surface area contributed by atoms with Gasteiger partial charge in [-0.1, -0.05) is 0 Å².